The zero-order valence-corrected chi connectivity index (χ0v) is 33.5. The van der Waals surface area contributed by atoms with E-state index in [0.717, 1.165) is 12.2 Å². The molecular weight excluding hydrogens is 665 g/mol. The van der Waals surface area contributed by atoms with E-state index in [1.807, 2.05) is 0 Å². The van der Waals surface area contributed by atoms with Gasteiger partial charge < -0.3 is 4.74 Å². The number of allylic oxidation sites excluding steroid dienone is 2. The molecule has 10 rings (SSSR count). The van der Waals surface area contributed by atoms with Crippen LogP contribution >= 0.6 is 0 Å². The van der Waals surface area contributed by atoms with Gasteiger partial charge >= 0.3 is 0 Å². The lowest BCUT2D eigenvalue weighted by Crippen LogP contribution is -2.38. The van der Waals surface area contributed by atoms with Gasteiger partial charge in [-0.2, -0.15) is 0 Å². The summed E-state index contributed by atoms with van der Waals surface area (Å²) in [5.41, 5.74) is 20.7. The smallest absolute Gasteiger partial charge is 0.124 e. The lowest BCUT2D eigenvalue weighted by atomic mass is 9.68. The fourth-order valence-corrected chi connectivity index (χ4v) is 10.2. The van der Waals surface area contributed by atoms with E-state index in [1.54, 1.807) is 0 Å². The Balaban J connectivity index is 1.21. The Morgan fingerprint density at radius 1 is 0.509 bits per heavy atom. The quantitative estimate of drug-likeness (QED) is 0.173. The fraction of sp³-hybridized carbons (Fsp3) is 0.259. The van der Waals surface area contributed by atoms with E-state index in [1.165, 1.54) is 89.0 Å². The van der Waals surface area contributed by atoms with Crippen LogP contribution in [0.1, 0.15) is 101 Å². The summed E-state index contributed by atoms with van der Waals surface area (Å²) in [6.07, 6.45) is 7.71. The molecule has 1 aliphatic heterocycles. The summed E-state index contributed by atoms with van der Waals surface area (Å²) < 4.78 is 6.61. The molecule has 0 bridgehead atoms. The monoisotopic (exact) mass is 714 g/mol. The number of hydrogen-bond acceptors (Lipinski definition) is 1. The molecular formula is C54H50O. The maximum atomic E-state index is 6.61. The second-order valence-electron chi connectivity index (χ2n) is 18.9. The minimum absolute atomic E-state index is 0.0168. The van der Waals surface area contributed by atoms with Gasteiger partial charge in [-0.25, -0.2) is 0 Å². The molecule has 55 heavy (non-hydrogen) atoms. The number of benzene rings is 6. The van der Waals surface area contributed by atoms with E-state index >= 15 is 0 Å². The summed E-state index contributed by atoms with van der Waals surface area (Å²) in [6.45, 7) is 18.7. The summed E-state index contributed by atoms with van der Waals surface area (Å²) >= 11 is 0. The molecule has 6 aromatic carbocycles. The van der Waals surface area contributed by atoms with Crippen molar-refractivity contribution >= 4 is 0 Å². The van der Waals surface area contributed by atoms with E-state index in [2.05, 4.69) is 195 Å². The molecule has 1 unspecified atom stereocenters. The highest BCUT2D eigenvalue weighted by Crippen LogP contribution is 2.64. The molecule has 0 radical (unpaired) electrons. The molecule has 272 valence electrons. The van der Waals surface area contributed by atoms with E-state index < -0.39 is 5.41 Å². The first-order chi connectivity index (χ1) is 26.3. The Morgan fingerprint density at radius 2 is 1.00 bits per heavy atom. The zero-order valence-electron chi connectivity index (χ0n) is 33.5. The molecule has 1 heterocycles. The van der Waals surface area contributed by atoms with Crippen molar-refractivity contribution in [3.8, 4) is 50.3 Å². The van der Waals surface area contributed by atoms with Crippen molar-refractivity contribution < 1.29 is 4.74 Å². The van der Waals surface area contributed by atoms with Crippen molar-refractivity contribution in [3.63, 3.8) is 0 Å². The Bertz CT molecular complexity index is 2580. The van der Waals surface area contributed by atoms with Crippen LogP contribution in [0.25, 0.3) is 44.5 Å². The van der Waals surface area contributed by atoms with E-state index in [-0.39, 0.29) is 22.3 Å². The molecule has 0 amide bonds. The van der Waals surface area contributed by atoms with Crippen molar-refractivity contribution in [2.75, 3.05) is 0 Å². The van der Waals surface area contributed by atoms with Gasteiger partial charge in [0.15, 0.2) is 0 Å². The summed E-state index contributed by atoms with van der Waals surface area (Å²) in [7, 11) is 0. The Morgan fingerprint density at radius 3 is 1.60 bits per heavy atom. The van der Waals surface area contributed by atoms with Gasteiger partial charge in [0.1, 0.15) is 11.9 Å². The molecule has 6 aromatic rings. The van der Waals surface area contributed by atoms with Crippen LogP contribution in [-0.2, 0) is 21.7 Å². The molecule has 0 aromatic heterocycles. The highest BCUT2D eigenvalue weighted by atomic mass is 16.5. The minimum atomic E-state index is -0.435. The van der Waals surface area contributed by atoms with Crippen molar-refractivity contribution in [1.82, 2.24) is 0 Å². The highest BCUT2D eigenvalue weighted by molar-refractivity contribution is 5.97. The molecule has 3 aliphatic carbocycles. The maximum absolute atomic E-state index is 6.61. The van der Waals surface area contributed by atoms with Crippen molar-refractivity contribution in [2.45, 2.75) is 89.6 Å². The first-order valence-corrected chi connectivity index (χ1v) is 20.1. The van der Waals surface area contributed by atoms with Gasteiger partial charge in [-0.05, 0) is 112 Å². The Hall–Kier alpha value is -5.40. The minimum Gasteiger partial charge on any atom is -0.485 e. The highest BCUT2D eigenvalue weighted by Gasteiger charge is 2.52. The molecule has 0 saturated heterocycles. The average Bonchev–Trinajstić information content (AvgIpc) is 3.63. The SMILES string of the molecule is CC(C)(C)c1ccc2c(c1)C1(c3ccccc3-c3ccc(-c4ccccc4-c4ccc5c(c4)C(C)(C)C4=CC=CCC4O5)cc31)c1cc(C(C)(C)C)ccc1-2. The fourth-order valence-electron chi connectivity index (χ4n) is 10.2. The Labute approximate surface area is 327 Å². The molecule has 0 saturated carbocycles. The van der Waals surface area contributed by atoms with E-state index in [0.29, 0.717) is 0 Å². The second kappa shape index (κ2) is 11.6. The molecule has 1 atom stereocenters. The normalized spacial score (nSPS) is 18.0. The average molecular weight is 715 g/mol. The van der Waals surface area contributed by atoms with Crippen LogP contribution in [0.4, 0.5) is 0 Å². The van der Waals surface area contributed by atoms with Crippen LogP contribution < -0.4 is 4.74 Å². The van der Waals surface area contributed by atoms with Crippen molar-refractivity contribution in [2.24, 2.45) is 0 Å². The Kier molecular flexibility index (Phi) is 7.17. The van der Waals surface area contributed by atoms with E-state index in [9.17, 15) is 0 Å². The molecule has 1 nitrogen and oxygen atoms in total. The van der Waals surface area contributed by atoms with Crippen LogP contribution in [-0.4, -0.2) is 6.10 Å². The molecule has 1 spiro atoms. The summed E-state index contributed by atoms with van der Waals surface area (Å²) in [6, 6.07) is 46.9. The lowest BCUT2D eigenvalue weighted by Gasteiger charge is -2.41. The van der Waals surface area contributed by atoms with Crippen LogP contribution in [0.5, 0.6) is 5.75 Å². The summed E-state index contributed by atoms with van der Waals surface area (Å²) in [5, 5.41) is 0. The number of hydrogen-bond donors (Lipinski definition) is 0. The number of ether oxygens (including phenoxy) is 1. The third-order valence-corrected chi connectivity index (χ3v) is 13.2. The van der Waals surface area contributed by atoms with Gasteiger partial charge in [-0.15, -0.1) is 0 Å². The van der Waals surface area contributed by atoms with Crippen LogP contribution in [0.2, 0.25) is 0 Å². The largest absolute Gasteiger partial charge is 0.485 e. The lowest BCUT2D eigenvalue weighted by molar-refractivity contribution is 0.196. The van der Waals surface area contributed by atoms with E-state index in [4.69, 9.17) is 4.74 Å². The van der Waals surface area contributed by atoms with Gasteiger partial charge in [-0.3, -0.25) is 0 Å². The third kappa shape index (κ3) is 4.84. The first-order valence-electron chi connectivity index (χ1n) is 20.1. The second-order valence-corrected chi connectivity index (χ2v) is 18.9. The summed E-state index contributed by atoms with van der Waals surface area (Å²) in [4.78, 5) is 0. The number of fused-ring (bicyclic) bond motifs is 12. The van der Waals surface area contributed by atoms with Crippen LogP contribution in [0.3, 0.4) is 0 Å². The molecule has 0 N–H and O–H groups in total. The first kappa shape index (κ1) is 34.1. The van der Waals surface area contributed by atoms with Gasteiger partial charge in [0.25, 0.3) is 0 Å². The van der Waals surface area contributed by atoms with Gasteiger partial charge in [0, 0.05) is 17.4 Å². The summed E-state index contributed by atoms with van der Waals surface area (Å²) in [5.74, 6) is 1.00. The topological polar surface area (TPSA) is 9.23 Å². The molecule has 0 fully saturated rings. The predicted molar refractivity (Wildman–Crippen MR) is 230 cm³/mol. The number of rotatable bonds is 2. The zero-order chi connectivity index (χ0) is 38.1. The van der Waals surface area contributed by atoms with Gasteiger partial charge in [-0.1, -0.05) is 177 Å². The van der Waals surface area contributed by atoms with Crippen LogP contribution in [0.15, 0.2) is 145 Å². The molecule has 1 heteroatoms. The maximum Gasteiger partial charge on any atom is 0.124 e. The third-order valence-electron chi connectivity index (χ3n) is 13.2. The van der Waals surface area contributed by atoms with Gasteiger partial charge in [0.05, 0.1) is 5.41 Å². The van der Waals surface area contributed by atoms with Gasteiger partial charge in [0.2, 0.25) is 0 Å². The predicted octanol–water partition coefficient (Wildman–Crippen LogP) is 13.9. The molecule has 4 aliphatic rings. The van der Waals surface area contributed by atoms with Crippen molar-refractivity contribution in [3.05, 3.63) is 184 Å². The standard InChI is InChI=1S/C54H50O/c1-51(2,3)35-23-26-41-42-27-24-36(52(4,5)6)32-47(42)54(46(41)31-35)43-18-12-11-17-39(43)40-25-21-33(29-45(40)54)37-15-9-10-16-38(37)34-22-28-50-48(30-34)53(7,8)44-19-13-14-20-49(44)55-50/h9-19,21-32,49H,20H2,1-8H3. The van der Waals surface area contributed by atoms with Crippen LogP contribution in [0, 0.1) is 0 Å². The van der Waals surface area contributed by atoms with Crippen molar-refractivity contribution in [1.29, 1.82) is 0 Å².